The lowest BCUT2D eigenvalue weighted by atomic mass is 9.95. The third-order valence-corrected chi connectivity index (χ3v) is 5.13. The van der Waals surface area contributed by atoms with E-state index in [0.717, 1.165) is 16.5 Å². The average Bonchev–Trinajstić information content (AvgIpc) is 2.74. The number of hydrogen-bond acceptors (Lipinski definition) is 4. The minimum absolute atomic E-state index is 0.266. The van der Waals surface area contributed by atoms with Crippen LogP contribution in [0.15, 0.2) is 54.7 Å². The van der Waals surface area contributed by atoms with Crippen molar-refractivity contribution in [2.24, 2.45) is 0 Å². The van der Waals surface area contributed by atoms with Crippen LogP contribution in [-0.4, -0.2) is 46.8 Å². The fraction of sp³-hybridized carbons (Fsp3) is 0.217. The van der Waals surface area contributed by atoms with E-state index in [1.54, 1.807) is 12.1 Å². The van der Waals surface area contributed by atoms with Crippen molar-refractivity contribution in [2.45, 2.75) is 25.4 Å². The van der Waals surface area contributed by atoms with E-state index in [-0.39, 0.29) is 5.56 Å². The second-order valence-corrected chi connectivity index (χ2v) is 7.42. The molecule has 1 heterocycles. The number of benzene rings is 2. The highest BCUT2D eigenvalue weighted by Crippen LogP contribution is 2.29. The molecule has 3 N–H and O–H groups in total. The smallest absolute Gasteiger partial charge is 0.316 e. The van der Waals surface area contributed by atoms with Crippen molar-refractivity contribution in [3.05, 3.63) is 71.7 Å². The second kappa shape index (κ2) is 9.42. The number of urea groups is 1. The number of halogens is 1. The number of nitrogens with one attached hydrogen (secondary N) is 2. The van der Waals surface area contributed by atoms with Crippen LogP contribution in [0.2, 0.25) is 0 Å². The molecule has 2 atom stereocenters. The van der Waals surface area contributed by atoms with Crippen molar-refractivity contribution in [1.29, 1.82) is 0 Å². The molecule has 32 heavy (non-hydrogen) atoms. The third kappa shape index (κ3) is 5.00. The number of aryl methyl sites for hydroxylation is 1. The van der Waals surface area contributed by atoms with Crippen molar-refractivity contribution in [3.63, 3.8) is 0 Å². The maximum Gasteiger partial charge on any atom is 0.316 e. The number of nitrogens with zero attached hydrogens (tertiary/aromatic N) is 1. The second-order valence-electron chi connectivity index (χ2n) is 7.42. The highest BCUT2D eigenvalue weighted by molar-refractivity contribution is 6.14. The summed E-state index contributed by atoms with van der Waals surface area (Å²) >= 11 is 0. The molecule has 1 aliphatic heterocycles. The number of rotatable bonds is 6. The first kappa shape index (κ1) is 22.7. The van der Waals surface area contributed by atoms with Crippen LogP contribution in [0.1, 0.15) is 23.6 Å². The predicted octanol–water partition coefficient (Wildman–Crippen LogP) is 2.54. The van der Waals surface area contributed by atoms with E-state index < -0.39 is 48.0 Å². The Labute approximate surface area is 183 Å². The first-order chi connectivity index (χ1) is 15.2. The lowest BCUT2D eigenvalue weighted by molar-refractivity contribution is -0.138. The Morgan fingerprint density at radius 3 is 2.56 bits per heavy atom. The number of carbonyl (C=O) groups excluding carboxylic acids is 3. The molecule has 166 valence electrons. The number of hydrogen-bond donors (Lipinski definition) is 3. The molecule has 8 nitrogen and oxygen atoms in total. The molecule has 3 amide bonds. The summed E-state index contributed by atoms with van der Waals surface area (Å²) in [6.45, 7) is 1.82. The molecular weight excluding hydrogens is 417 g/mol. The van der Waals surface area contributed by atoms with Crippen molar-refractivity contribution in [1.82, 2.24) is 15.5 Å². The minimum Gasteiger partial charge on any atom is -0.481 e. The Morgan fingerprint density at radius 1 is 1.16 bits per heavy atom. The van der Waals surface area contributed by atoms with Crippen molar-refractivity contribution >= 4 is 23.7 Å². The van der Waals surface area contributed by atoms with Crippen LogP contribution < -0.4 is 10.6 Å². The van der Waals surface area contributed by atoms with Crippen LogP contribution >= 0.6 is 0 Å². The van der Waals surface area contributed by atoms with Gasteiger partial charge in [0, 0.05) is 24.9 Å². The molecule has 0 aliphatic carbocycles. The molecule has 2 aromatic rings. The molecule has 2 aromatic carbocycles. The monoisotopic (exact) mass is 439 g/mol. The van der Waals surface area contributed by atoms with Gasteiger partial charge in [0.25, 0.3) is 5.91 Å². The molecule has 0 spiro atoms. The van der Waals surface area contributed by atoms with Gasteiger partial charge >= 0.3 is 12.0 Å². The van der Waals surface area contributed by atoms with Crippen LogP contribution in [-0.2, 0) is 14.4 Å². The molecule has 9 heteroatoms. The van der Waals surface area contributed by atoms with Crippen LogP contribution in [0.3, 0.4) is 0 Å². The summed E-state index contributed by atoms with van der Waals surface area (Å²) in [6, 6.07) is 7.90. The van der Waals surface area contributed by atoms with Crippen LogP contribution in [0.5, 0.6) is 0 Å². The van der Waals surface area contributed by atoms with Gasteiger partial charge in [-0.3, -0.25) is 14.4 Å². The normalized spacial score (nSPS) is 16.6. The predicted molar refractivity (Wildman–Crippen MR) is 114 cm³/mol. The van der Waals surface area contributed by atoms with Crippen LogP contribution in [0, 0.1) is 12.7 Å². The largest absolute Gasteiger partial charge is 0.481 e. The number of carbonyl (C=O) groups is 4. The van der Waals surface area contributed by atoms with E-state index in [0.29, 0.717) is 11.1 Å². The maximum absolute atomic E-state index is 14.6. The molecule has 0 saturated carbocycles. The quantitative estimate of drug-likeness (QED) is 0.599. The standard InChI is InChI=1S/C23H22FN3O5/c1-13-5-3-4-6-15(13)16-11-14(7-8-17(16)24)18(12-20(29)30)25-23(32)26-21-19(28)9-10-27(2)22(21)31/h3-11,18,21H,12H2,1-2H3,(H,29,30)(H2,25,26,32)/t18-,21?/m0/s1. The van der Waals surface area contributed by atoms with E-state index in [1.165, 1.54) is 31.4 Å². The van der Waals surface area contributed by atoms with Gasteiger partial charge in [-0.05, 0) is 35.7 Å². The zero-order valence-electron chi connectivity index (χ0n) is 17.5. The van der Waals surface area contributed by atoms with Gasteiger partial charge in [0.05, 0.1) is 12.5 Å². The summed E-state index contributed by atoms with van der Waals surface area (Å²) in [5.74, 6) is -2.90. The Morgan fingerprint density at radius 2 is 1.88 bits per heavy atom. The van der Waals surface area contributed by atoms with Gasteiger partial charge in [0.1, 0.15) is 5.82 Å². The van der Waals surface area contributed by atoms with Gasteiger partial charge in [-0.1, -0.05) is 30.3 Å². The Bertz CT molecular complexity index is 1110. The fourth-order valence-corrected chi connectivity index (χ4v) is 3.41. The van der Waals surface area contributed by atoms with E-state index in [2.05, 4.69) is 10.6 Å². The zero-order chi connectivity index (χ0) is 23.4. The molecule has 0 bridgehead atoms. The third-order valence-electron chi connectivity index (χ3n) is 5.13. The van der Waals surface area contributed by atoms with Crippen LogP contribution in [0.25, 0.3) is 11.1 Å². The number of likely N-dealkylation sites (N-methyl/N-ethyl adjacent to an activating group) is 1. The molecule has 1 aliphatic rings. The van der Waals surface area contributed by atoms with Gasteiger partial charge in [0.2, 0.25) is 0 Å². The van der Waals surface area contributed by atoms with Gasteiger partial charge in [-0.15, -0.1) is 0 Å². The first-order valence-corrected chi connectivity index (χ1v) is 9.80. The average molecular weight is 439 g/mol. The first-order valence-electron chi connectivity index (χ1n) is 9.80. The zero-order valence-corrected chi connectivity index (χ0v) is 17.5. The van der Waals surface area contributed by atoms with E-state index in [9.17, 15) is 28.7 Å². The highest BCUT2D eigenvalue weighted by atomic mass is 19.1. The number of amides is 3. The van der Waals surface area contributed by atoms with Crippen molar-refractivity contribution < 1.29 is 28.7 Å². The summed E-state index contributed by atoms with van der Waals surface area (Å²) in [7, 11) is 1.44. The summed E-state index contributed by atoms with van der Waals surface area (Å²) in [5.41, 5.74) is 2.09. The Hall–Kier alpha value is -4.01. The Kier molecular flexibility index (Phi) is 6.67. The number of carboxylic acids is 1. The lowest BCUT2D eigenvalue weighted by Crippen LogP contribution is -2.55. The molecule has 0 fully saturated rings. The van der Waals surface area contributed by atoms with Gasteiger partial charge in [-0.2, -0.15) is 0 Å². The maximum atomic E-state index is 14.6. The van der Waals surface area contributed by atoms with Crippen molar-refractivity contribution in [2.75, 3.05) is 7.05 Å². The Balaban J connectivity index is 1.86. The van der Waals surface area contributed by atoms with E-state index in [1.807, 2.05) is 19.1 Å². The van der Waals surface area contributed by atoms with E-state index >= 15 is 0 Å². The van der Waals surface area contributed by atoms with Gasteiger partial charge < -0.3 is 20.6 Å². The van der Waals surface area contributed by atoms with Gasteiger partial charge in [0.15, 0.2) is 11.8 Å². The molecule has 0 radical (unpaired) electrons. The summed E-state index contributed by atoms with van der Waals surface area (Å²) in [6.07, 6.45) is 1.97. The fourth-order valence-electron chi connectivity index (χ4n) is 3.41. The summed E-state index contributed by atoms with van der Waals surface area (Å²) in [5, 5.41) is 14.1. The van der Waals surface area contributed by atoms with Gasteiger partial charge in [-0.25, -0.2) is 9.18 Å². The summed E-state index contributed by atoms with van der Waals surface area (Å²) < 4.78 is 14.6. The van der Waals surface area contributed by atoms with E-state index in [4.69, 9.17) is 0 Å². The number of aliphatic carboxylic acids is 1. The molecular formula is C23H22FN3O5. The minimum atomic E-state index is -1.41. The van der Waals surface area contributed by atoms with Crippen LogP contribution in [0.4, 0.5) is 9.18 Å². The van der Waals surface area contributed by atoms with Crippen molar-refractivity contribution in [3.8, 4) is 11.1 Å². The highest BCUT2D eigenvalue weighted by Gasteiger charge is 2.32. The number of carboxylic acid groups (broad SMARTS) is 1. The molecule has 1 unspecified atom stereocenters. The number of ketones is 1. The molecule has 0 saturated heterocycles. The molecule has 0 aromatic heterocycles. The SMILES string of the molecule is Cc1ccccc1-c1cc([C@H](CC(=O)O)NC(=O)NC2C(=O)C=CN(C)C2=O)ccc1F. The summed E-state index contributed by atoms with van der Waals surface area (Å²) in [4.78, 5) is 49.2. The lowest BCUT2D eigenvalue weighted by Gasteiger charge is -2.25. The topological polar surface area (TPSA) is 116 Å². The molecule has 3 rings (SSSR count).